The molecule has 0 aliphatic heterocycles. The summed E-state index contributed by atoms with van der Waals surface area (Å²) in [5, 5.41) is 2.74. The quantitative estimate of drug-likeness (QED) is 0.428. The molecule has 0 fully saturated rings. The number of rotatable bonds is 9. The standard InChI is InChI=1S/C24H28N4O5S/c1-15(2)13-25-34(31,32)20-8-9-21(16(3)10-20)33-14-23(30)27-19-7-5-6-18(12-19)24-26-17(4)11-22(29)28-24/h5-12,15,25H,13-14H2,1-4H3,(H,27,30)(H,26,28,29). The van der Waals surface area contributed by atoms with E-state index >= 15 is 0 Å². The molecule has 9 nitrogen and oxygen atoms in total. The molecule has 0 saturated carbocycles. The molecular formula is C24H28N4O5S. The number of aromatic amines is 1. The van der Waals surface area contributed by atoms with Gasteiger partial charge in [-0.25, -0.2) is 18.1 Å². The lowest BCUT2D eigenvalue weighted by molar-refractivity contribution is -0.118. The smallest absolute Gasteiger partial charge is 0.262 e. The molecule has 180 valence electrons. The van der Waals surface area contributed by atoms with Gasteiger partial charge in [0.05, 0.1) is 4.90 Å². The molecule has 0 saturated heterocycles. The fourth-order valence-electron chi connectivity index (χ4n) is 3.11. The van der Waals surface area contributed by atoms with Crippen LogP contribution in [-0.4, -0.2) is 37.4 Å². The first-order chi connectivity index (χ1) is 16.0. The lowest BCUT2D eigenvalue weighted by Crippen LogP contribution is -2.27. The second-order valence-electron chi connectivity index (χ2n) is 8.33. The molecule has 3 aromatic rings. The van der Waals surface area contributed by atoms with Gasteiger partial charge in [0.25, 0.3) is 11.5 Å². The number of hydrogen-bond donors (Lipinski definition) is 3. The molecule has 1 amide bonds. The van der Waals surface area contributed by atoms with Crippen molar-refractivity contribution >= 4 is 21.6 Å². The predicted octanol–water partition coefficient (Wildman–Crippen LogP) is 3.01. The molecule has 0 aliphatic rings. The van der Waals surface area contributed by atoms with E-state index in [-0.39, 0.29) is 23.0 Å². The van der Waals surface area contributed by atoms with E-state index in [4.69, 9.17) is 4.74 Å². The zero-order valence-corrected chi connectivity index (χ0v) is 20.3. The van der Waals surface area contributed by atoms with Gasteiger partial charge >= 0.3 is 0 Å². The average molecular weight is 485 g/mol. The van der Waals surface area contributed by atoms with Crippen LogP contribution < -0.4 is 20.3 Å². The number of ether oxygens (including phenoxy) is 1. The molecule has 34 heavy (non-hydrogen) atoms. The monoisotopic (exact) mass is 484 g/mol. The number of aryl methyl sites for hydroxylation is 2. The Balaban J connectivity index is 1.64. The highest BCUT2D eigenvalue weighted by atomic mass is 32.2. The van der Waals surface area contributed by atoms with Crippen LogP contribution in [0.25, 0.3) is 11.4 Å². The molecule has 10 heteroatoms. The molecule has 0 spiro atoms. The number of carbonyl (C=O) groups is 1. The van der Waals surface area contributed by atoms with E-state index in [0.717, 1.165) is 0 Å². The zero-order chi connectivity index (χ0) is 24.9. The summed E-state index contributed by atoms with van der Waals surface area (Å²) in [7, 11) is -3.61. The maximum Gasteiger partial charge on any atom is 0.262 e. The van der Waals surface area contributed by atoms with E-state index in [9.17, 15) is 18.0 Å². The minimum atomic E-state index is -3.61. The van der Waals surface area contributed by atoms with Crippen LogP contribution in [0.4, 0.5) is 5.69 Å². The molecule has 3 rings (SSSR count). The number of sulfonamides is 1. The number of hydrogen-bond acceptors (Lipinski definition) is 6. The van der Waals surface area contributed by atoms with E-state index in [0.29, 0.717) is 40.6 Å². The molecular weight excluding hydrogens is 456 g/mol. The predicted molar refractivity (Wildman–Crippen MR) is 130 cm³/mol. The first kappa shape index (κ1) is 25.1. The molecule has 0 bridgehead atoms. The van der Waals surface area contributed by atoms with Crippen LogP contribution in [-0.2, 0) is 14.8 Å². The summed E-state index contributed by atoms with van der Waals surface area (Å²) >= 11 is 0. The zero-order valence-electron chi connectivity index (χ0n) is 19.5. The van der Waals surface area contributed by atoms with Crippen molar-refractivity contribution in [3.05, 3.63) is 70.1 Å². The van der Waals surface area contributed by atoms with Crippen LogP contribution >= 0.6 is 0 Å². The Morgan fingerprint density at radius 2 is 1.88 bits per heavy atom. The van der Waals surface area contributed by atoms with Crippen molar-refractivity contribution in [3.63, 3.8) is 0 Å². The maximum absolute atomic E-state index is 12.4. The summed E-state index contributed by atoms with van der Waals surface area (Å²) in [4.78, 5) is 31.3. The topological polar surface area (TPSA) is 130 Å². The Kier molecular flexibility index (Phi) is 7.85. The number of benzene rings is 2. The highest BCUT2D eigenvalue weighted by Crippen LogP contribution is 2.22. The van der Waals surface area contributed by atoms with Gasteiger partial charge in [-0.1, -0.05) is 26.0 Å². The number of amides is 1. The highest BCUT2D eigenvalue weighted by Gasteiger charge is 2.16. The van der Waals surface area contributed by atoms with Gasteiger partial charge in [0.2, 0.25) is 10.0 Å². The largest absolute Gasteiger partial charge is 0.483 e. The normalized spacial score (nSPS) is 11.4. The Hall–Kier alpha value is -3.50. The Morgan fingerprint density at radius 1 is 1.12 bits per heavy atom. The van der Waals surface area contributed by atoms with E-state index in [1.165, 1.54) is 24.3 Å². The summed E-state index contributed by atoms with van der Waals surface area (Å²) in [5.74, 6) is 0.615. The van der Waals surface area contributed by atoms with Crippen molar-refractivity contribution in [1.82, 2.24) is 14.7 Å². The van der Waals surface area contributed by atoms with Crippen molar-refractivity contribution < 1.29 is 17.9 Å². The molecule has 2 aromatic carbocycles. The van der Waals surface area contributed by atoms with Crippen molar-refractivity contribution in [2.24, 2.45) is 5.92 Å². The summed E-state index contributed by atoms with van der Waals surface area (Å²) in [5.41, 5.74) is 2.10. The molecule has 3 N–H and O–H groups in total. The average Bonchev–Trinajstić information content (AvgIpc) is 2.76. The third-order valence-electron chi connectivity index (χ3n) is 4.79. The Bertz CT molecular complexity index is 1350. The van der Waals surface area contributed by atoms with E-state index in [1.54, 1.807) is 38.1 Å². The number of aromatic nitrogens is 2. The third kappa shape index (κ3) is 6.75. The number of nitrogens with zero attached hydrogens (tertiary/aromatic N) is 1. The van der Waals surface area contributed by atoms with E-state index in [1.807, 2.05) is 13.8 Å². The first-order valence-corrected chi connectivity index (χ1v) is 12.2. The van der Waals surface area contributed by atoms with Crippen LogP contribution in [0, 0.1) is 19.8 Å². The second kappa shape index (κ2) is 10.6. The molecule has 1 aromatic heterocycles. The van der Waals surface area contributed by atoms with Crippen molar-refractivity contribution in [3.8, 4) is 17.1 Å². The molecule has 0 radical (unpaired) electrons. The summed E-state index contributed by atoms with van der Waals surface area (Å²) in [6.45, 7) is 7.37. The second-order valence-corrected chi connectivity index (χ2v) is 10.1. The fourth-order valence-corrected chi connectivity index (χ4v) is 4.41. The Labute approximate surface area is 198 Å². The SMILES string of the molecule is Cc1cc(=O)[nH]c(-c2cccc(NC(=O)COc3ccc(S(=O)(=O)NCC(C)C)cc3C)c2)n1. The lowest BCUT2D eigenvalue weighted by Gasteiger charge is -2.13. The summed E-state index contributed by atoms with van der Waals surface area (Å²) < 4.78 is 33.0. The molecule has 0 atom stereocenters. The van der Waals surface area contributed by atoms with Gasteiger partial charge < -0.3 is 15.0 Å². The van der Waals surface area contributed by atoms with Crippen LogP contribution in [0.2, 0.25) is 0 Å². The summed E-state index contributed by atoms with van der Waals surface area (Å²) in [6.07, 6.45) is 0. The Morgan fingerprint density at radius 3 is 2.56 bits per heavy atom. The van der Waals surface area contributed by atoms with Crippen LogP contribution in [0.1, 0.15) is 25.1 Å². The van der Waals surface area contributed by atoms with Gasteiger partial charge in [-0.15, -0.1) is 0 Å². The number of nitrogens with one attached hydrogen (secondary N) is 3. The fraction of sp³-hybridized carbons (Fsp3) is 0.292. The molecule has 0 unspecified atom stereocenters. The van der Waals surface area contributed by atoms with Gasteiger partial charge in [0.15, 0.2) is 6.61 Å². The highest BCUT2D eigenvalue weighted by molar-refractivity contribution is 7.89. The minimum absolute atomic E-state index is 0.141. The van der Waals surface area contributed by atoms with Crippen LogP contribution in [0.15, 0.2) is 58.2 Å². The summed E-state index contributed by atoms with van der Waals surface area (Å²) in [6, 6.07) is 12.8. The number of anilines is 1. The van der Waals surface area contributed by atoms with E-state index < -0.39 is 15.9 Å². The van der Waals surface area contributed by atoms with Gasteiger partial charge in [0.1, 0.15) is 11.6 Å². The molecule has 1 heterocycles. The van der Waals surface area contributed by atoms with Gasteiger partial charge in [-0.3, -0.25) is 9.59 Å². The molecule has 0 aliphatic carbocycles. The lowest BCUT2D eigenvalue weighted by atomic mass is 10.2. The van der Waals surface area contributed by atoms with Gasteiger partial charge in [-0.05, 0) is 55.7 Å². The number of H-pyrrole nitrogens is 1. The minimum Gasteiger partial charge on any atom is -0.483 e. The van der Waals surface area contributed by atoms with Crippen molar-refractivity contribution in [1.29, 1.82) is 0 Å². The maximum atomic E-state index is 12.4. The van der Waals surface area contributed by atoms with Gasteiger partial charge in [-0.2, -0.15) is 0 Å². The van der Waals surface area contributed by atoms with Crippen molar-refractivity contribution in [2.45, 2.75) is 32.6 Å². The van der Waals surface area contributed by atoms with Crippen molar-refractivity contribution in [2.75, 3.05) is 18.5 Å². The van der Waals surface area contributed by atoms with Gasteiger partial charge in [0, 0.05) is 29.6 Å². The first-order valence-electron chi connectivity index (χ1n) is 10.7. The van der Waals surface area contributed by atoms with Crippen LogP contribution in [0.3, 0.4) is 0 Å². The van der Waals surface area contributed by atoms with Crippen LogP contribution in [0.5, 0.6) is 5.75 Å². The third-order valence-corrected chi connectivity index (χ3v) is 6.21. The van der Waals surface area contributed by atoms with E-state index in [2.05, 4.69) is 20.0 Å². The number of carbonyl (C=O) groups excluding carboxylic acids is 1.